The number of nitrogens with one attached hydrogen (secondary N) is 3. The SMILES string of the molecule is COc1ccc(OC)c(NC(=O)C(Sc2cccc(NC(=O)/C(=C/c3ccc(Br)cc3)NC(=O)c3ccccc3)c2)c2ccccc2)c1. The summed E-state index contributed by atoms with van der Waals surface area (Å²) in [5.41, 5.74) is 2.97. The van der Waals surface area contributed by atoms with Crippen molar-refractivity contribution < 1.29 is 23.9 Å². The first-order chi connectivity index (χ1) is 23.3. The Morgan fingerprint density at radius 3 is 2.15 bits per heavy atom. The van der Waals surface area contributed by atoms with Gasteiger partial charge in [-0.25, -0.2) is 0 Å². The predicted octanol–water partition coefficient (Wildman–Crippen LogP) is 8.35. The van der Waals surface area contributed by atoms with Crippen LogP contribution in [0.25, 0.3) is 6.08 Å². The number of carbonyl (C=O) groups is 3. The molecule has 8 nitrogen and oxygen atoms in total. The smallest absolute Gasteiger partial charge is 0.272 e. The molecular formula is C38H32BrN3O5S. The van der Waals surface area contributed by atoms with Crippen LogP contribution in [0, 0.1) is 0 Å². The van der Waals surface area contributed by atoms with Crippen molar-refractivity contribution in [3.8, 4) is 11.5 Å². The number of methoxy groups -OCH3 is 2. The summed E-state index contributed by atoms with van der Waals surface area (Å²) in [6, 6.07) is 37.9. The van der Waals surface area contributed by atoms with Crippen molar-refractivity contribution in [3.63, 3.8) is 0 Å². The van der Waals surface area contributed by atoms with E-state index in [9.17, 15) is 14.4 Å². The van der Waals surface area contributed by atoms with E-state index in [0.717, 1.165) is 20.5 Å². The number of amides is 3. The van der Waals surface area contributed by atoms with Crippen LogP contribution < -0.4 is 25.4 Å². The molecule has 0 aliphatic rings. The van der Waals surface area contributed by atoms with Crippen molar-refractivity contribution in [3.05, 3.63) is 154 Å². The van der Waals surface area contributed by atoms with E-state index in [1.165, 1.54) is 18.9 Å². The van der Waals surface area contributed by atoms with Gasteiger partial charge in [0.25, 0.3) is 11.8 Å². The van der Waals surface area contributed by atoms with Gasteiger partial charge >= 0.3 is 0 Å². The maximum absolute atomic E-state index is 13.8. The standard InChI is InChI=1S/C38H32BrN3O5S/c1-46-30-20-21-34(47-2)32(24-30)41-38(45)35(26-10-5-3-6-11-26)48-31-15-9-14-29(23-31)40-37(44)33(22-25-16-18-28(39)19-17-25)42-36(43)27-12-7-4-8-13-27/h3-24,35H,1-2H3,(H,40,44)(H,41,45)(H,42,43)/b33-22-. The van der Waals surface area contributed by atoms with Gasteiger partial charge in [0.15, 0.2) is 0 Å². The summed E-state index contributed by atoms with van der Waals surface area (Å²) in [5, 5.41) is 8.01. The van der Waals surface area contributed by atoms with Crippen LogP contribution in [-0.2, 0) is 9.59 Å². The molecule has 5 aromatic carbocycles. The molecule has 0 saturated heterocycles. The topological polar surface area (TPSA) is 106 Å². The van der Waals surface area contributed by atoms with E-state index < -0.39 is 17.1 Å². The van der Waals surface area contributed by atoms with Crippen molar-refractivity contribution >= 4 is 62.9 Å². The Hall–Kier alpha value is -5.32. The van der Waals surface area contributed by atoms with E-state index in [1.807, 2.05) is 66.7 Å². The van der Waals surface area contributed by atoms with E-state index in [1.54, 1.807) is 73.8 Å². The minimum absolute atomic E-state index is 0.0676. The average Bonchev–Trinajstić information content (AvgIpc) is 3.12. The van der Waals surface area contributed by atoms with E-state index in [2.05, 4.69) is 31.9 Å². The monoisotopic (exact) mass is 721 g/mol. The van der Waals surface area contributed by atoms with E-state index in [-0.39, 0.29) is 11.6 Å². The number of hydrogen-bond acceptors (Lipinski definition) is 6. The molecule has 0 radical (unpaired) electrons. The summed E-state index contributed by atoms with van der Waals surface area (Å²) in [6.45, 7) is 0. The fraction of sp³-hybridized carbons (Fsp3) is 0.0789. The zero-order valence-electron chi connectivity index (χ0n) is 26.1. The lowest BCUT2D eigenvalue weighted by Gasteiger charge is -2.19. The normalized spacial score (nSPS) is 11.6. The molecule has 3 amide bonds. The summed E-state index contributed by atoms with van der Waals surface area (Å²) in [4.78, 5) is 41.2. The Morgan fingerprint density at radius 2 is 1.46 bits per heavy atom. The Morgan fingerprint density at radius 1 is 0.750 bits per heavy atom. The number of carbonyl (C=O) groups excluding carboxylic acids is 3. The van der Waals surface area contributed by atoms with Crippen molar-refractivity contribution in [2.75, 3.05) is 24.9 Å². The minimum Gasteiger partial charge on any atom is -0.497 e. The van der Waals surface area contributed by atoms with Gasteiger partial charge in [0, 0.05) is 26.7 Å². The van der Waals surface area contributed by atoms with Gasteiger partial charge in [-0.2, -0.15) is 0 Å². The highest BCUT2D eigenvalue weighted by molar-refractivity contribution is 9.10. The second-order valence-corrected chi connectivity index (χ2v) is 12.5. The van der Waals surface area contributed by atoms with Gasteiger partial charge in [-0.05, 0) is 71.8 Å². The number of benzene rings is 5. The highest BCUT2D eigenvalue weighted by Gasteiger charge is 2.24. The molecule has 0 heterocycles. The molecule has 3 N–H and O–H groups in total. The summed E-state index contributed by atoms with van der Waals surface area (Å²) >= 11 is 4.75. The molecule has 5 rings (SSSR count). The Balaban J connectivity index is 1.38. The minimum atomic E-state index is -0.647. The van der Waals surface area contributed by atoms with Crippen LogP contribution in [0.15, 0.2) is 142 Å². The highest BCUT2D eigenvalue weighted by atomic mass is 79.9. The van der Waals surface area contributed by atoms with Gasteiger partial charge in [-0.15, -0.1) is 11.8 Å². The third-order valence-electron chi connectivity index (χ3n) is 7.06. The Bertz CT molecular complexity index is 1920. The average molecular weight is 723 g/mol. The largest absolute Gasteiger partial charge is 0.497 e. The van der Waals surface area contributed by atoms with Gasteiger partial charge < -0.3 is 25.4 Å². The lowest BCUT2D eigenvalue weighted by molar-refractivity contribution is -0.116. The maximum Gasteiger partial charge on any atom is 0.272 e. The third kappa shape index (κ3) is 9.15. The van der Waals surface area contributed by atoms with Crippen molar-refractivity contribution in [2.45, 2.75) is 10.1 Å². The summed E-state index contributed by atoms with van der Waals surface area (Å²) in [7, 11) is 3.09. The molecule has 0 aliphatic heterocycles. The number of halogens is 1. The quantitative estimate of drug-likeness (QED) is 0.0884. The zero-order valence-corrected chi connectivity index (χ0v) is 28.5. The van der Waals surface area contributed by atoms with Crippen molar-refractivity contribution in [2.24, 2.45) is 0 Å². The van der Waals surface area contributed by atoms with Gasteiger partial charge in [-0.1, -0.05) is 82.7 Å². The molecule has 242 valence electrons. The van der Waals surface area contributed by atoms with Crippen molar-refractivity contribution in [1.82, 2.24) is 5.32 Å². The summed E-state index contributed by atoms with van der Waals surface area (Å²) in [5.74, 6) is -0.117. The molecule has 10 heteroatoms. The van der Waals surface area contributed by atoms with Gasteiger partial charge in [0.05, 0.1) is 19.9 Å². The van der Waals surface area contributed by atoms with Crippen LogP contribution in [0.2, 0.25) is 0 Å². The zero-order chi connectivity index (χ0) is 33.9. The number of anilines is 2. The van der Waals surface area contributed by atoms with Gasteiger partial charge in [0.1, 0.15) is 22.4 Å². The molecule has 0 fully saturated rings. The Kier molecular flexibility index (Phi) is 11.7. The Labute approximate surface area is 291 Å². The van der Waals surface area contributed by atoms with E-state index in [0.29, 0.717) is 28.4 Å². The first-order valence-electron chi connectivity index (χ1n) is 14.8. The third-order valence-corrected chi connectivity index (χ3v) is 8.84. The molecule has 0 bridgehead atoms. The highest BCUT2D eigenvalue weighted by Crippen LogP contribution is 2.38. The van der Waals surface area contributed by atoms with Crippen LogP contribution in [-0.4, -0.2) is 31.9 Å². The van der Waals surface area contributed by atoms with Crippen LogP contribution in [0.1, 0.15) is 26.7 Å². The molecule has 1 atom stereocenters. The predicted molar refractivity (Wildman–Crippen MR) is 194 cm³/mol. The van der Waals surface area contributed by atoms with Crippen molar-refractivity contribution in [1.29, 1.82) is 0 Å². The van der Waals surface area contributed by atoms with E-state index in [4.69, 9.17) is 9.47 Å². The number of hydrogen-bond donors (Lipinski definition) is 3. The fourth-order valence-corrected chi connectivity index (χ4v) is 6.01. The molecule has 0 aromatic heterocycles. The maximum atomic E-state index is 13.8. The first kappa shape index (κ1) is 34.0. The lowest BCUT2D eigenvalue weighted by Crippen LogP contribution is -2.30. The molecule has 48 heavy (non-hydrogen) atoms. The lowest BCUT2D eigenvalue weighted by atomic mass is 10.1. The number of thioether (sulfide) groups is 1. The molecule has 0 saturated carbocycles. The fourth-order valence-electron chi connectivity index (χ4n) is 4.66. The van der Waals surface area contributed by atoms with Gasteiger partial charge in [0.2, 0.25) is 5.91 Å². The van der Waals surface area contributed by atoms with E-state index >= 15 is 0 Å². The molecule has 5 aromatic rings. The summed E-state index contributed by atoms with van der Waals surface area (Å²) < 4.78 is 11.7. The summed E-state index contributed by atoms with van der Waals surface area (Å²) in [6.07, 6.45) is 1.61. The number of rotatable bonds is 12. The number of ether oxygens (including phenoxy) is 2. The van der Waals surface area contributed by atoms with Crippen LogP contribution in [0.3, 0.4) is 0 Å². The van der Waals surface area contributed by atoms with Crippen LogP contribution in [0.5, 0.6) is 11.5 Å². The molecule has 1 unspecified atom stereocenters. The van der Waals surface area contributed by atoms with Gasteiger partial charge in [-0.3, -0.25) is 14.4 Å². The van der Waals surface area contributed by atoms with Crippen LogP contribution >= 0.6 is 27.7 Å². The molecule has 0 aliphatic carbocycles. The van der Waals surface area contributed by atoms with Crippen LogP contribution in [0.4, 0.5) is 11.4 Å². The molecular weight excluding hydrogens is 690 g/mol. The second-order valence-electron chi connectivity index (χ2n) is 10.4. The molecule has 0 spiro atoms. The second kappa shape index (κ2) is 16.5. The first-order valence-corrected chi connectivity index (χ1v) is 16.5.